The van der Waals surface area contributed by atoms with E-state index in [-0.39, 0.29) is 18.1 Å². The molecule has 8 heteroatoms. The molecular weight excluding hydrogens is 312 g/mol. The van der Waals surface area contributed by atoms with Gasteiger partial charge >= 0.3 is 6.61 Å². The molecular formula is C14H15F2N3O2S. The molecule has 0 fully saturated rings. The topological polar surface area (TPSA) is 64.1 Å². The lowest BCUT2D eigenvalue weighted by Gasteiger charge is -2.05. The Labute approximate surface area is 130 Å². The van der Waals surface area contributed by atoms with Crippen LogP contribution in [0.15, 0.2) is 24.3 Å². The van der Waals surface area contributed by atoms with Crippen molar-refractivity contribution in [3.63, 3.8) is 0 Å². The van der Waals surface area contributed by atoms with Crippen LogP contribution in [0.1, 0.15) is 23.9 Å². The lowest BCUT2D eigenvalue weighted by molar-refractivity contribution is -0.115. The van der Waals surface area contributed by atoms with E-state index >= 15 is 0 Å². The van der Waals surface area contributed by atoms with Crippen LogP contribution in [0.4, 0.5) is 13.9 Å². The Balaban J connectivity index is 1.88. The van der Waals surface area contributed by atoms with Crippen LogP contribution in [0.5, 0.6) is 5.75 Å². The summed E-state index contributed by atoms with van der Waals surface area (Å²) in [4.78, 5) is 11.9. The van der Waals surface area contributed by atoms with Crippen LogP contribution in [0, 0.1) is 0 Å². The van der Waals surface area contributed by atoms with E-state index in [1.54, 1.807) is 12.1 Å². The Morgan fingerprint density at radius 2 is 2.05 bits per heavy atom. The van der Waals surface area contributed by atoms with Gasteiger partial charge in [-0.3, -0.25) is 4.79 Å². The smallest absolute Gasteiger partial charge is 0.387 e. The van der Waals surface area contributed by atoms with Gasteiger partial charge in [-0.15, -0.1) is 10.2 Å². The summed E-state index contributed by atoms with van der Waals surface area (Å²) in [6.45, 7) is -0.815. The molecule has 0 saturated heterocycles. The van der Waals surface area contributed by atoms with Gasteiger partial charge in [0.05, 0.1) is 6.42 Å². The molecule has 0 saturated carbocycles. The van der Waals surface area contributed by atoms with E-state index in [9.17, 15) is 13.6 Å². The number of rotatable bonds is 7. The number of aromatic nitrogens is 2. The Morgan fingerprint density at radius 3 is 2.68 bits per heavy atom. The maximum atomic E-state index is 12.0. The molecule has 22 heavy (non-hydrogen) atoms. The number of carbonyl (C=O) groups excluding carboxylic acids is 1. The number of hydrogen-bond donors (Lipinski definition) is 1. The number of hydrogen-bond acceptors (Lipinski definition) is 5. The minimum atomic E-state index is -2.86. The second-order valence-electron chi connectivity index (χ2n) is 4.50. The summed E-state index contributed by atoms with van der Waals surface area (Å²) in [5, 5.41) is 11.9. The third kappa shape index (κ3) is 5.03. The summed E-state index contributed by atoms with van der Waals surface area (Å²) in [6, 6.07) is 5.94. The zero-order chi connectivity index (χ0) is 15.9. The van der Waals surface area contributed by atoms with Gasteiger partial charge in [-0.2, -0.15) is 8.78 Å². The number of amides is 1. The minimum absolute atomic E-state index is 0.0625. The van der Waals surface area contributed by atoms with Gasteiger partial charge in [0.1, 0.15) is 10.8 Å². The van der Waals surface area contributed by atoms with E-state index in [4.69, 9.17) is 0 Å². The number of aryl methyl sites for hydroxylation is 1. The first-order chi connectivity index (χ1) is 10.6. The van der Waals surface area contributed by atoms with E-state index in [0.29, 0.717) is 10.7 Å². The average molecular weight is 327 g/mol. The molecule has 0 bridgehead atoms. The third-order valence-electron chi connectivity index (χ3n) is 2.69. The van der Waals surface area contributed by atoms with Crippen molar-refractivity contribution in [2.75, 3.05) is 5.32 Å². The Kier molecular flexibility index (Phi) is 5.76. The largest absolute Gasteiger partial charge is 0.435 e. The summed E-state index contributed by atoms with van der Waals surface area (Å²) in [7, 11) is 0. The number of benzene rings is 1. The van der Waals surface area contributed by atoms with Gasteiger partial charge in [-0.25, -0.2) is 0 Å². The highest BCUT2D eigenvalue weighted by molar-refractivity contribution is 7.15. The summed E-state index contributed by atoms with van der Waals surface area (Å²) >= 11 is 1.35. The Morgan fingerprint density at radius 1 is 1.32 bits per heavy atom. The summed E-state index contributed by atoms with van der Waals surface area (Å²) in [6.07, 6.45) is 1.92. The molecule has 0 aliphatic rings. The molecule has 0 radical (unpaired) electrons. The fourth-order valence-corrected chi connectivity index (χ4v) is 2.61. The van der Waals surface area contributed by atoms with Gasteiger partial charge in [0.25, 0.3) is 0 Å². The first-order valence-corrected chi connectivity index (χ1v) is 7.54. The molecule has 0 spiro atoms. The highest BCUT2D eigenvalue weighted by Crippen LogP contribution is 2.18. The summed E-state index contributed by atoms with van der Waals surface area (Å²) in [5.41, 5.74) is 0.692. The lowest BCUT2D eigenvalue weighted by Crippen LogP contribution is -2.14. The molecule has 0 atom stereocenters. The second-order valence-corrected chi connectivity index (χ2v) is 5.56. The fourth-order valence-electron chi connectivity index (χ4n) is 1.76. The number of alkyl halides is 2. The molecule has 1 N–H and O–H groups in total. The highest BCUT2D eigenvalue weighted by Gasteiger charge is 2.09. The minimum Gasteiger partial charge on any atom is -0.435 e. The van der Waals surface area contributed by atoms with Crippen molar-refractivity contribution in [3.8, 4) is 5.75 Å². The van der Waals surface area contributed by atoms with E-state index in [1.807, 2.05) is 6.92 Å². The van der Waals surface area contributed by atoms with Crippen molar-refractivity contribution >= 4 is 22.4 Å². The molecule has 1 aromatic heterocycles. The number of ether oxygens (including phenoxy) is 1. The zero-order valence-corrected chi connectivity index (χ0v) is 12.7. The maximum Gasteiger partial charge on any atom is 0.387 e. The van der Waals surface area contributed by atoms with Gasteiger partial charge in [0.15, 0.2) is 0 Å². The van der Waals surface area contributed by atoms with E-state index < -0.39 is 6.61 Å². The first kappa shape index (κ1) is 16.3. The SMILES string of the molecule is CCCc1nnc(NC(=O)Cc2ccc(OC(F)F)cc2)s1. The van der Waals surface area contributed by atoms with E-state index in [2.05, 4.69) is 20.3 Å². The van der Waals surface area contributed by atoms with Crippen LogP contribution in [0.25, 0.3) is 0 Å². The number of nitrogens with zero attached hydrogens (tertiary/aromatic N) is 2. The number of carbonyl (C=O) groups is 1. The molecule has 1 aromatic carbocycles. The first-order valence-electron chi connectivity index (χ1n) is 6.72. The van der Waals surface area contributed by atoms with Crippen LogP contribution in [-0.2, 0) is 17.6 Å². The molecule has 1 amide bonds. The fraction of sp³-hybridized carbons (Fsp3) is 0.357. The van der Waals surface area contributed by atoms with Gasteiger partial charge in [-0.05, 0) is 24.1 Å². The van der Waals surface area contributed by atoms with Crippen molar-refractivity contribution < 1.29 is 18.3 Å². The lowest BCUT2D eigenvalue weighted by atomic mass is 10.1. The Bertz CT molecular complexity index is 617. The van der Waals surface area contributed by atoms with Gasteiger partial charge in [0.2, 0.25) is 11.0 Å². The van der Waals surface area contributed by atoms with Crippen molar-refractivity contribution in [2.45, 2.75) is 32.8 Å². The van der Waals surface area contributed by atoms with Gasteiger partial charge in [-0.1, -0.05) is 30.4 Å². The van der Waals surface area contributed by atoms with Crippen LogP contribution in [0.2, 0.25) is 0 Å². The summed E-state index contributed by atoms with van der Waals surface area (Å²) < 4.78 is 28.3. The van der Waals surface area contributed by atoms with Crippen LogP contribution in [-0.4, -0.2) is 22.7 Å². The van der Waals surface area contributed by atoms with Crippen LogP contribution < -0.4 is 10.1 Å². The molecule has 1 heterocycles. The standard InChI is InChI=1S/C14H15F2N3O2S/c1-2-3-12-18-19-14(22-12)17-11(20)8-9-4-6-10(7-5-9)21-13(15)16/h4-7,13H,2-3,8H2,1H3,(H,17,19,20). The summed E-state index contributed by atoms with van der Waals surface area (Å²) in [5.74, 6) is -0.172. The molecule has 118 valence electrons. The molecule has 0 aliphatic carbocycles. The molecule has 0 aliphatic heterocycles. The number of nitrogens with one attached hydrogen (secondary N) is 1. The van der Waals surface area contributed by atoms with Crippen molar-refractivity contribution in [1.82, 2.24) is 10.2 Å². The predicted octanol–water partition coefficient (Wildman–Crippen LogP) is 3.27. The molecule has 0 unspecified atom stereocenters. The molecule has 2 aromatic rings. The predicted molar refractivity (Wildman–Crippen MR) is 79.3 cm³/mol. The van der Waals surface area contributed by atoms with E-state index in [1.165, 1.54) is 23.5 Å². The quantitative estimate of drug-likeness (QED) is 0.848. The average Bonchev–Trinajstić information content (AvgIpc) is 2.88. The normalized spacial score (nSPS) is 10.7. The number of anilines is 1. The van der Waals surface area contributed by atoms with Crippen molar-refractivity contribution in [2.24, 2.45) is 0 Å². The maximum absolute atomic E-state index is 12.0. The number of halogens is 2. The monoisotopic (exact) mass is 327 g/mol. The van der Waals surface area contributed by atoms with Gasteiger partial charge in [0, 0.05) is 6.42 Å². The van der Waals surface area contributed by atoms with Crippen LogP contribution in [0.3, 0.4) is 0 Å². The Hall–Kier alpha value is -2.09. The van der Waals surface area contributed by atoms with Crippen molar-refractivity contribution in [3.05, 3.63) is 34.8 Å². The van der Waals surface area contributed by atoms with Gasteiger partial charge < -0.3 is 10.1 Å². The zero-order valence-electron chi connectivity index (χ0n) is 11.9. The molecule has 2 rings (SSSR count). The molecule has 5 nitrogen and oxygen atoms in total. The van der Waals surface area contributed by atoms with Crippen molar-refractivity contribution in [1.29, 1.82) is 0 Å². The second kappa shape index (κ2) is 7.79. The highest BCUT2D eigenvalue weighted by atomic mass is 32.1. The van der Waals surface area contributed by atoms with E-state index in [0.717, 1.165) is 17.8 Å². The van der Waals surface area contributed by atoms with Crippen LogP contribution >= 0.6 is 11.3 Å². The third-order valence-corrected chi connectivity index (χ3v) is 3.59.